The molecule has 1 amide bonds. The average molecular weight is 389 g/mol. The number of fused-ring (bicyclic) bond motifs is 1. The fourth-order valence-electron chi connectivity index (χ4n) is 2.89. The predicted octanol–water partition coefficient (Wildman–Crippen LogP) is 5.04. The molecule has 3 aromatic carbocycles. The quantitative estimate of drug-likeness (QED) is 0.380. The van der Waals surface area contributed by atoms with Crippen molar-refractivity contribution >= 4 is 34.0 Å². The van der Waals surface area contributed by atoms with E-state index >= 15 is 0 Å². The van der Waals surface area contributed by atoms with Gasteiger partial charge in [0, 0.05) is 10.6 Å². The number of carbonyl (C=O) groups excluding carboxylic acids is 1. The Morgan fingerprint density at radius 3 is 2.54 bits per heavy atom. The van der Waals surface area contributed by atoms with Crippen molar-refractivity contribution in [3.63, 3.8) is 0 Å². The van der Waals surface area contributed by atoms with Crippen LogP contribution in [0.4, 0.5) is 0 Å². The Hall–Kier alpha value is -3.44. The van der Waals surface area contributed by atoms with Crippen molar-refractivity contribution < 1.29 is 4.79 Å². The van der Waals surface area contributed by atoms with Crippen LogP contribution >= 0.6 is 11.6 Å². The molecule has 0 aliphatic carbocycles. The Kier molecular flexibility index (Phi) is 4.91. The van der Waals surface area contributed by atoms with Crippen LogP contribution in [-0.4, -0.2) is 21.8 Å². The van der Waals surface area contributed by atoms with Crippen molar-refractivity contribution in [2.45, 2.75) is 6.92 Å². The maximum atomic E-state index is 12.4. The lowest BCUT2D eigenvalue weighted by atomic mass is 10.1. The minimum absolute atomic E-state index is 0.343. The van der Waals surface area contributed by atoms with E-state index in [2.05, 4.69) is 32.9 Å². The third-order valence-corrected chi connectivity index (χ3v) is 4.71. The smallest absolute Gasteiger partial charge is 0.272 e. The maximum absolute atomic E-state index is 12.4. The van der Waals surface area contributed by atoms with Crippen LogP contribution in [-0.2, 0) is 0 Å². The molecule has 0 saturated heterocycles. The molecule has 0 radical (unpaired) electrons. The fourth-order valence-corrected chi connectivity index (χ4v) is 3.01. The number of H-pyrrole nitrogens is 1. The highest BCUT2D eigenvalue weighted by Gasteiger charge is 2.11. The van der Waals surface area contributed by atoms with E-state index in [0.29, 0.717) is 22.1 Å². The Balaban J connectivity index is 1.50. The number of amides is 1. The second-order valence-corrected chi connectivity index (χ2v) is 6.81. The second-order valence-electron chi connectivity index (χ2n) is 6.37. The van der Waals surface area contributed by atoms with Crippen LogP contribution in [0, 0.1) is 0 Å². The van der Waals surface area contributed by atoms with Gasteiger partial charge in [-0.25, -0.2) is 5.43 Å². The Morgan fingerprint density at radius 1 is 1.00 bits per heavy atom. The first-order valence-corrected chi connectivity index (χ1v) is 9.13. The molecule has 1 heterocycles. The molecule has 1 aromatic heterocycles. The molecule has 6 heteroatoms. The van der Waals surface area contributed by atoms with Gasteiger partial charge in [0.25, 0.3) is 5.91 Å². The third kappa shape index (κ3) is 3.80. The number of aromatic amines is 1. The van der Waals surface area contributed by atoms with E-state index in [1.807, 2.05) is 49.4 Å². The number of hydrazone groups is 1. The molecule has 5 nitrogen and oxygen atoms in total. The van der Waals surface area contributed by atoms with Gasteiger partial charge in [-0.3, -0.25) is 9.89 Å². The number of rotatable bonds is 4. The van der Waals surface area contributed by atoms with E-state index < -0.39 is 0 Å². The summed E-state index contributed by atoms with van der Waals surface area (Å²) in [6.45, 7) is 1.82. The number of hydrogen-bond donors (Lipinski definition) is 2. The summed E-state index contributed by atoms with van der Waals surface area (Å²) in [5, 5.41) is 14.1. The van der Waals surface area contributed by atoms with Crippen LogP contribution < -0.4 is 5.43 Å². The number of hydrogen-bond acceptors (Lipinski definition) is 3. The average Bonchev–Trinajstić information content (AvgIpc) is 3.22. The molecule has 28 heavy (non-hydrogen) atoms. The largest absolute Gasteiger partial charge is 0.289 e. The molecular formula is C22H17ClN4O. The lowest BCUT2D eigenvalue weighted by molar-refractivity contribution is 0.0950. The van der Waals surface area contributed by atoms with Crippen molar-refractivity contribution in [2.75, 3.05) is 0 Å². The first-order chi connectivity index (χ1) is 13.6. The third-order valence-electron chi connectivity index (χ3n) is 4.45. The zero-order chi connectivity index (χ0) is 19.5. The Labute approximate surface area is 167 Å². The van der Waals surface area contributed by atoms with E-state index in [-0.39, 0.29) is 5.91 Å². The van der Waals surface area contributed by atoms with Crippen molar-refractivity contribution in [1.82, 2.24) is 15.6 Å². The minimum Gasteiger partial charge on any atom is -0.272 e. The summed E-state index contributed by atoms with van der Waals surface area (Å²) in [7, 11) is 0. The number of carbonyl (C=O) groups is 1. The standard InChI is InChI=1S/C22H17ClN4O/c1-14(15-8-10-19(23)11-9-15)24-27-22(28)21-13-20(25-26-21)18-7-6-16-4-2-3-5-17(16)12-18/h2-13H,1H3,(H,25,26)(H,27,28)/b24-14+. The van der Waals surface area contributed by atoms with E-state index in [4.69, 9.17) is 11.6 Å². The SMILES string of the molecule is C/C(=N\NC(=O)c1cc(-c2ccc3ccccc3c2)n[nH]1)c1ccc(Cl)cc1. The summed E-state index contributed by atoms with van der Waals surface area (Å²) in [6, 6.07) is 23.2. The van der Waals surface area contributed by atoms with Crippen LogP contribution in [0.1, 0.15) is 23.0 Å². The highest BCUT2D eigenvalue weighted by Crippen LogP contribution is 2.23. The van der Waals surface area contributed by atoms with E-state index in [1.165, 1.54) is 0 Å². The van der Waals surface area contributed by atoms with Crippen molar-refractivity contribution in [3.05, 3.63) is 89.1 Å². The Morgan fingerprint density at radius 2 is 1.75 bits per heavy atom. The lowest BCUT2D eigenvalue weighted by Crippen LogP contribution is -2.19. The highest BCUT2D eigenvalue weighted by molar-refractivity contribution is 6.30. The number of benzene rings is 3. The van der Waals surface area contributed by atoms with Crippen LogP contribution in [0.5, 0.6) is 0 Å². The lowest BCUT2D eigenvalue weighted by Gasteiger charge is -2.02. The summed E-state index contributed by atoms with van der Waals surface area (Å²) in [6.07, 6.45) is 0. The van der Waals surface area contributed by atoms with E-state index in [0.717, 1.165) is 21.9 Å². The minimum atomic E-state index is -0.354. The molecule has 0 saturated carbocycles. The fraction of sp³-hybridized carbons (Fsp3) is 0.0455. The molecule has 138 valence electrons. The molecule has 0 aliphatic rings. The summed E-state index contributed by atoms with van der Waals surface area (Å²) < 4.78 is 0. The van der Waals surface area contributed by atoms with Crippen LogP contribution in [0.25, 0.3) is 22.0 Å². The van der Waals surface area contributed by atoms with Gasteiger partial charge in [-0.15, -0.1) is 0 Å². The van der Waals surface area contributed by atoms with Crippen molar-refractivity contribution in [3.8, 4) is 11.3 Å². The Bertz CT molecular complexity index is 1180. The maximum Gasteiger partial charge on any atom is 0.289 e. The molecule has 2 N–H and O–H groups in total. The molecule has 0 fully saturated rings. The van der Waals surface area contributed by atoms with Crippen LogP contribution in [0.2, 0.25) is 5.02 Å². The number of nitrogens with zero attached hydrogens (tertiary/aromatic N) is 2. The topological polar surface area (TPSA) is 70.1 Å². The van der Waals surface area contributed by atoms with Gasteiger partial charge in [0.05, 0.1) is 11.4 Å². The van der Waals surface area contributed by atoms with Gasteiger partial charge in [-0.1, -0.05) is 60.1 Å². The molecule has 0 aliphatic heterocycles. The molecule has 4 aromatic rings. The first kappa shape index (κ1) is 17.9. The molecule has 0 bridgehead atoms. The number of nitrogens with one attached hydrogen (secondary N) is 2. The first-order valence-electron chi connectivity index (χ1n) is 8.75. The molecular weight excluding hydrogens is 372 g/mol. The van der Waals surface area contributed by atoms with Gasteiger partial charge in [-0.05, 0) is 47.5 Å². The number of halogens is 1. The predicted molar refractivity (Wildman–Crippen MR) is 113 cm³/mol. The zero-order valence-electron chi connectivity index (χ0n) is 15.1. The molecule has 0 atom stereocenters. The molecule has 4 rings (SSSR count). The normalized spacial score (nSPS) is 11.6. The summed E-state index contributed by atoms with van der Waals surface area (Å²) in [5.41, 5.74) is 6.10. The van der Waals surface area contributed by atoms with Gasteiger partial charge in [0.1, 0.15) is 5.69 Å². The summed E-state index contributed by atoms with van der Waals surface area (Å²) in [4.78, 5) is 12.4. The zero-order valence-corrected chi connectivity index (χ0v) is 15.9. The van der Waals surface area contributed by atoms with Crippen LogP contribution in [0.3, 0.4) is 0 Å². The van der Waals surface area contributed by atoms with Gasteiger partial charge >= 0.3 is 0 Å². The van der Waals surface area contributed by atoms with Crippen LogP contribution in [0.15, 0.2) is 77.9 Å². The van der Waals surface area contributed by atoms with Gasteiger partial charge in [0.2, 0.25) is 0 Å². The summed E-state index contributed by atoms with van der Waals surface area (Å²) >= 11 is 5.89. The van der Waals surface area contributed by atoms with E-state index in [9.17, 15) is 4.79 Å². The summed E-state index contributed by atoms with van der Waals surface area (Å²) in [5.74, 6) is -0.354. The van der Waals surface area contributed by atoms with Crippen molar-refractivity contribution in [1.29, 1.82) is 0 Å². The van der Waals surface area contributed by atoms with Gasteiger partial charge < -0.3 is 0 Å². The number of aromatic nitrogens is 2. The van der Waals surface area contributed by atoms with Gasteiger partial charge in [0.15, 0.2) is 0 Å². The molecule has 0 spiro atoms. The second kappa shape index (κ2) is 7.66. The highest BCUT2D eigenvalue weighted by atomic mass is 35.5. The van der Waals surface area contributed by atoms with Crippen molar-refractivity contribution in [2.24, 2.45) is 5.10 Å². The van der Waals surface area contributed by atoms with Gasteiger partial charge in [-0.2, -0.15) is 10.2 Å². The van der Waals surface area contributed by atoms with E-state index in [1.54, 1.807) is 18.2 Å². The molecule has 0 unspecified atom stereocenters. The monoisotopic (exact) mass is 388 g/mol.